The van der Waals surface area contributed by atoms with Gasteiger partial charge in [-0.1, -0.05) is 23.4 Å². The minimum absolute atomic E-state index is 0.0152. The number of fused-ring (bicyclic) bond motifs is 1. The van der Waals surface area contributed by atoms with E-state index in [2.05, 4.69) is 16.8 Å². The van der Waals surface area contributed by atoms with Gasteiger partial charge in [0.05, 0.1) is 35.7 Å². The Morgan fingerprint density at radius 1 is 1.32 bits per heavy atom. The normalized spacial score (nSPS) is 18.7. The van der Waals surface area contributed by atoms with Gasteiger partial charge in [-0.15, -0.1) is 0 Å². The first-order chi connectivity index (χ1) is 17.8. The van der Waals surface area contributed by atoms with E-state index in [1.165, 1.54) is 0 Å². The van der Waals surface area contributed by atoms with Gasteiger partial charge in [0.25, 0.3) is 0 Å². The molecule has 1 aliphatic rings. The number of aromatic nitrogens is 1. The first-order valence-electron chi connectivity index (χ1n) is 12.0. The highest BCUT2D eigenvalue weighted by atomic mass is 35.5. The zero-order valence-corrected chi connectivity index (χ0v) is 21.1. The van der Waals surface area contributed by atoms with E-state index in [0.29, 0.717) is 43.1 Å². The fourth-order valence-corrected chi connectivity index (χ4v) is 5.18. The Labute approximate surface area is 219 Å². The molecule has 0 aliphatic carbocycles. The molecule has 0 amide bonds. The van der Waals surface area contributed by atoms with Gasteiger partial charge in [-0.25, -0.2) is 8.78 Å². The summed E-state index contributed by atoms with van der Waals surface area (Å²) < 4.78 is 32.5. The highest BCUT2D eigenvalue weighted by Crippen LogP contribution is 2.35. The smallest absolute Gasteiger partial charge is 0.308 e. The van der Waals surface area contributed by atoms with Crippen LogP contribution in [0.15, 0.2) is 42.6 Å². The molecule has 6 nitrogen and oxygen atoms in total. The Hall–Kier alpha value is -3.25. The fourth-order valence-electron chi connectivity index (χ4n) is 4.89. The number of likely N-dealkylation sites (tertiary alicyclic amines) is 1. The van der Waals surface area contributed by atoms with Gasteiger partial charge >= 0.3 is 5.97 Å². The van der Waals surface area contributed by atoms with E-state index in [-0.39, 0.29) is 18.0 Å². The number of carboxylic acid groups (broad SMARTS) is 1. The lowest BCUT2D eigenvalue weighted by Gasteiger charge is -2.36. The number of hydrogen-bond donors (Lipinski definition) is 2. The lowest BCUT2D eigenvalue weighted by molar-refractivity contribution is -0.146. The van der Waals surface area contributed by atoms with Crippen LogP contribution in [0, 0.1) is 35.3 Å². The number of carboxylic acids is 1. The molecule has 2 unspecified atom stereocenters. The molecule has 2 heterocycles. The molecule has 0 radical (unpaired) electrons. The largest absolute Gasteiger partial charge is 0.497 e. The molecule has 194 valence electrons. The first-order valence-corrected chi connectivity index (χ1v) is 12.4. The maximum atomic E-state index is 13.8. The lowest BCUT2D eigenvalue weighted by Crippen LogP contribution is -2.44. The number of nitrogens with two attached hydrogens (primary N) is 1. The number of pyridine rings is 1. The molecule has 2 aromatic carbocycles. The molecule has 0 bridgehead atoms. The highest BCUT2D eigenvalue weighted by molar-refractivity contribution is 6.32. The van der Waals surface area contributed by atoms with E-state index in [4.69, 9.17) is 22.1 Å². The second-order valence-corrected chi connectivity index (χ2v) is 9.65. The van der Waals surface area contributed by atoms with E-state index in [1.807, 2.05) is 23.1 Å². The molecule has 3 aromatic rings. The van der Waals surface area contributed by atoms with Crippen molar-refractivity contribution in [3.63, 3.8) is 0 Å². The van der Waals surface area contributed by atoms with E-state index in [9.17, 15) is 18.7 Å². The number of rotatable bonds is 7. The average Bonchev–Trinajstić information content (AvgIpc) is 2.89. The van der Waals surface area contributed by atoms with Gasteiger partial charge in [0, 0.05) is 24.2 Å². The van der Waals surface area contributed by atoms with Gasteiger partial charge in [0.1, 0.15) is 17.4 Å². The van der Waals surface area contributed by atoms with Gasteiger partial charge in [-0.05, 0) is 73.7 Å². The van der Waals surface area contributed by atoms with Crippen LogP contribution in [0.1, 0.15) is 36.4 Å². The van der Waals surface area contributed by atoms with E-state index in [0.717, 1.165) is 34.7 Å². The SMILES string of the molecule is COc1ccc2ncc(Cl)c([C@H](N)CCC3CCN(CC#Cc4cc(F)ccc4F)CC3C(=O)O)c2c1. The quantitative estimate of drug-likeness (QED) is 0.419. The van der Waals surface area contributed by atoms with Crippen molar-refractivity contribution in [2.75, 3.05) is 26.7 Å². The molecule has 3 N–H and O–H groups in total. The summed E-state index contributed by atoms with van der Waals surface area (Å²) in [6.45, 7) is 1.25. The third-order valence-corrected chi connectivity index (χ3v) is 7.20. The Bertz CT molecular complexity index is 1360. The Kier molecular flexibility index (Phi) is 8.59. The molecule has 1 aliphatic heterocycles. The summed E-state index contributed by atoms with van der Waals surface area (Å²) in [6, 6.07) is 8.26. The first kappa shape index (κ1) is 26.8. The van der Waals surface area contributed by atoms with Crippen LogP contribution in [0.25, 0.3) is 10.9 Å². The molecule has 1 saturated heterocycles. The number of methoxy groups -OCH3 is 1. The molecule has 3 atom stereocenters. The maximum absolute atomic E-state index is 13.8. The fraction of sp³-hybridized carbons (Fsp3) is 0.357. The summed E-state index contributed by atoms with van der Waals surface area (Å²) in [4.78, 5) is 18.4. The summed E-state index contributed by atoms with van der Waals surface area (Å²) in [6.07, 6.45) is 3.43. The maximum Gasteiger partial charge on any atom is 0.308 e. The van der Waals surface area contributed by atoms with Gasteiger partial charge in [0.15, 0.2) is 0 Å². The standard InChI is InChI=1S/C28H28ClF2N3O3/c1-37-20-6-9-26-21(14-20)27(23(29)15-33-26)25(32)8-4-17-10-12-34(16-22(17)28(35)36)11-2-3-18-13-19(30)5-7-24(18)31/h5-7,9,13-15,17,22,25H,4,8,10-12,16,32H2,1H3,(H,35,36)/t17?,22?,25-/m1/s1. The van der Waals surface area contributed by atoms with Crippen LogP contribution in [0.5, 0.6) is 5.75 Å². The van der Waals surface area contributed by atoms with Crippen LogP contribution in [0.3, 0.4) is 0 Å². The average molecular weight is 528 g/mol. The summed E-state index contributed by atoms with van der Waals surface area (Å²) in [5, 5.41) is 11.2. The van der Waals surface area contributed by atoms with Crippen LogP contribution >= 0.6 is 11.6 Å². The number of piperidine rings is 1. The topological polar surface area (TPSA) is 88.7 Å². The Morgan fingerprint density at radius 3 is 2.89 bits per heavy atom. The molecular formula is C28H28ClF2N3O3. The van der Waals surface area contributed by atoms with Crippen LogP contribution < -0.4 is 10.5 Å². The number of nitrogens with zero attached hydrogens (tertiary/aromatic N) is 2. The van der Waals surface area contributed by atoms with Crippen molar-refractivity contribution in [1.29, 1.82) is 0 Å². The predicted molar refractivity (Wildman–Crippen MR) is 138 cm³/mol. The Balaban J connectivity index is 1.41. The van der Waals surface area contributed by atoms with Crippen molar-refractivity contribution in [2.24, 2.45) is 17.6 Å². The van der Waals surface area contributed by atoms with E-state index in [1.54, 1.807) is 13.3 Å². The van der Waals surface area contributed by atoms with Gasteiger partial charge < -0.3 is 15.6 Å². The summed E-state index contributed by atoms with van der Waals surface area (Å²) in [5.41, 5.74) is 8.09. The van der Waals surface area contributed by atoms with Crippen molar-refractivity contribution < 1.29 is 23.4 Å². The highest BCUT2D eigenvalue weighted by Gasteiger charge is 2.34. The van der Waals surface area contributed by atoms with Crippen molar-refractivity contribution in [2.45, 2.75) is 25.3 Å². The third-order valence-electron chi connectivity index (χ3n) is 6.90. The van der Waals surface area contributed by atoms with Crippen molar-refractivity contribution in [1.82, 2.24) is 9.88 Å². The number of ether oxygens (including phenoxy) is 1. The van der Waals surface area contributed by atoms with Crippen molar-refractivity contribution >= 4 is 28.5 Å². The number of hydrogen-bond acceptors (Lipinski definition) is 5. The van der Waals surface area contributed by atoms with Gasteiger partial charge in [-0.3, -0.25) is 14.7 Å². The number of halogens is 3. The van der Waals surface area contributed by atoms with Crippen LogP contribution in [-0.4, -0.2) is 47.7 Å². The van der Waals surface area contributed by atoms with E-state index < -0.39 is 29.6 Å². The molecule has 0 saturated carbocycles. The Morgan fingerprint density at radius 2 is 2.14 bits per heavy atom. The monoisotopic (exact) mass is 527 g/mol. The zero-order chi connectivity index (χ0) is 26.5. The van der Waals surface area contributed by atoms with Crippen LogP contribution in [0.4, 0.5) is 8.78 Å². The number of carbonyl (C=O) groups is 1. The summed E-state index contributed by atoms with van der Waals surface area (Å²) in [5.74, 6) is 3.50. The van der Waals surface area contributed by atoms with Crippen molar-refractivity contribution in [3.8, 4) is 17.6 Å². The zero-order valence-electron chi connectivity index (χ0n) is 20.4. The minimum atomic E-state index is -0.871. The molecule has 1 aromatic heterocycles. The summed E-state index contributed by atoms with van der Waals surface area (Å²) >= 11 is 6.48. The van der Waals surface area contributed by atoms with E-state index >= 15 is 0 Å². The molecule has 0 spiro atoms. The third kappa shape index (κ3) is 6.37. The second-order valence-electron chi connectivity index (χ2n) is 9.24. The molecule has 9 heteroatoms. The minimum Gasteiger partial charge on any atom is -0.497 e. The van der Waals surface area contributed by atoms with Crippen LogP contribution in [0.2, 0.25) is 5.02 Å². The second kappa shape index (κ2) is 11.9. The van der Waals surface area contributed by atoms with Gasteiger partial charge in [0.2, 0.25) is 0 Å². The van der Waals surface area contributed by atoms with Gasteiger partial charge in [-0.2, -0.15) is 0 Å². The predicted octanol–water partition coefficient (Wildman–Crippen LogP) is 5.03. The van der Waals surface area contributed by atoms with Crippen LogP contribution in [-0.2, 0) is 4.79 Å². The molecule has 4 rings (SSSR count). The van der Waals surface area contributed by atoms with Crippen molar-refractivity contribution in [3.05, 3.63) is 70.4 Å². The number of aliphatic carboxylic acids is 1. The number of benzene rings is 2. The summed E-state index contributed by atoms with van der Waals surface area (Å²) in [7, 11) is 1.59. The molecular weight excluding hydrogens is 500 g/mol. The lowest BCUT2D eigenvalue weighted by atomic mass is 9.81. The molecule has 1 fully saturated rings. The molecule has 37 heavy (non-hydrogen) atoms.